The number of nitrogens with zero attached hydrogens (tertiary/aromatic N) is 6. The number of hydrazone groups is 1. The second kappa shape index (κ2) is 43.7. The van der Waals surface area contributed by atoms with E-state index in [2.05, 4.69) is 24.7 Å². The zero-order valence-corrected chi connectivity index (χ0v) is 70.3. The van der Waals surface area contributed by atoms with E-state index in [1.807, 2.05) is 33.3 Å². The van der Waals surface area contributed by atoms with E-state index < -0.39 is 0 Å². The standard InChI is InChI=1S/C19H22N2O4.C18H24N2O4.C16H16N2O4.C15H12O5.C15H16O4.C14H12O5/c22-16-3-1-12(5-18(16)24)8-20-10-15-7-14(20)11-21(15)9-13-2-4-17(23)19(25)6-13;1-19(11-13-3-5-15(21)17(23)9-13)7-8-20(2)12-14-4-6-16(22)18(24)10-14;1-18-12(10-3-5-14(20)16(22)7-10)8-11(17-18)9-2-4-13(19)15(21)6-9;16-11(10-3-6-13(18)15(20)8-10)4-1-9-2-5-12(17)14(19)7-9;16-12-6-4-10(8-14(12)18)2-1-3-11-5-7-13(17)15(19)9-11;15-10-3-1-8(6-13(10)18)5-12(17)9-2-4-11(16)14(19)7-9/h1-6,14-15,22-25H,7-11H2;3-6,9-10,21-24H,7-8,11-12H2,1-2H3;2-7,12,19-22H,8H2,1H3;1-8,17-20H;4-9,16-19H,1-3H2;1-4,6-7,15-16,18-19H,5H2/b;;;4-1+;;. The van der Waals surface area contributed by atoms with Crippen LogP contribution in [-0.4, -0.2) is 224 Å². The molecule has 3 atom stereocenters. The van der Waals surface area contributed by atoms with Crippen LogP contribution in [0.1, 0.15) is 102 Å². The van der Waals surface area contributed by atoms with Crippen LogP contribution in [0.15, 0.2) is 230 Å². The first-order chi connectivity index (χ1) is 61.3. The lowest BCUT2D eigenvalue weighted by Gasteiger charge is -2.34. The predicted octanol–water partition coefficient (Wildman–Crippen LogP) is 13.4. The van der Waals surface area contributed by atoms with E-state index in [0.717, 1.165) is 121 Å². The summed E-state index contributed by atoms with van der Waals surface area (Å²) in [5, 5.41) is 231. The maximum Gasteiger partial charge on any atom is 0.185 e. The van der Waals surface area contributed by atoms with Crippen molar-refractivity contribution in [1.29, 1.82) is 0 Å². The van der Waals surface area contributed by atoms with Crippen molar-refractivity contribution in [3.05, 3.63) is 291 Å². The molecule has 2 fully saturated rings. The molecule has 2 bridgehead atoms. The number of hydrogen-bond acceptors (Lipinski definition) is 32. The molecule has 0 radical (unpaired) electrons. The van der Waals surface area contributed by atoms with Crippen LogP contribution >= 0.6 is 0 Å². The molecule has 0 amide bonds. The normalized spacial score (nSPS) is 14.4. The highest BCUT2D eigenvalue weighted by Gasteiger charge is 2.43. The number of likely N-dealkylation sites (N-methyl/N-ethyl adjacent to an activating group) is 2. The largest absolute Gasteiger partial charge is 0.504 e. The molecule has 129 heavy (non-hydrogen) atoms. The van der Waals surface area contributed by atoms with Gasteiger partial charge in [0.25, 0.3) is 0 Å². The topological polar surface area (TPSA) is 548 Å². The zero-order chi connectivity index (χ0) is 93.6. The van der Waals surface area contributed by atoms with Gasteiger partial charge in [0.15, 0.2) is 150 Å². The number of rotatable bonds is 23. The van der Waals surface area contributed by atoms with Gasteiger partial charge in [-0.15, -0.1) is 0 Å². The average Bonchev–Trinajstić information content (AvgIpc) is 1.63. The highest BCUT2D eigenvalue weighted by molar-refractivity contribution is 6.07. The molecule has 3 unspecified atom stereocenters. The number of ketones is 2. The van der Waals surface area contributed by atoms with Crippen molar-refractivity contribution in [3.8, 4) is 138 Å². The van der Waals surface area contributed by atoms with Crippen molar-refractivity contribution < 1.29 is 132 Å². The number of benzene rings is 12. The molecule has 12 aromatic carbocycles. The SMILES string of the molecule is CN(CCN(C)Cc1ccc(O)c(O)c1)Cc1ccc(O)c(O)c1.CN1N=C(c2ccc(O)c(O)c2)CC1c1ccc(O)c(O)c1.O=C(/C=C/c1ccc(O)c(O)c1)c1ccc(O)c(O)c1.O=C(Cc1ccc(O)c(O)c1)c1ccc(O)c(O)c1.Oc1ccc(CCCc2ccc(O)c(O)c2)cc1O.Oc1ccc(CN2CC3CC2CN3Cc2ccc(O)c(O)c2)cc1O. The minimum Gasteiger partial charge on any atom is -0.504 e. The van der Waals surface area contributed by atoms with Gasteiger partial charge in [-0.1, -0.05) is 60.7 Å². The molecule has 0 saturated carbocycles. The van der Waals surface area contributed by atoms with E-state index in [9.17, 15) is 112 Å². The summed E-state index contributed by atoms with van der Waals surface area (Å²) >= 11 is 0. The molecular weight excluding hydrogens is 1670 g/mol. The number of phenols is 24. The number of Topliss-reactive ketones (excluding diaryl/α,β-unsaturated/α-hetero) is 1. The van der Waals surface area contributed by atoms with Gasteiger partial charge in [-0.2, -0.15) is 5.10 Å². The van der Waals surface area contributed by atoms with Gasteiger partial charge in [0, 0.05) is 101 Å². The first-order valence-corrected chi connectivity index (χ1v) is 40.4. The molecule has 24 N–H and O–H groups in total. The number of aryl methyl sites for hydroxylation is 2. The summed E-state index contributed by atoms with van der Waals surface area (Å²) in [4.78, 5) is 32.9. The Morgan fingerprint density at radius 1 is 0.349 bits per heavy atom. The molecule has 0 spiro atoms. The fourth-order valence-electron chi connectivity index (χ4n) is 14.3. The number of allylic oxidation sites excluding steroid dienone is 1. The summed E-state index contributed by atoms with van der Waals surface area (Å²) in [5.41, 5.74) is 9.62. The van der Waals surface area contributed by atoms with Crippen molar-refractivity contribution in [2.24, 2.45) is 5.10 Å². The highest BCUT2D eigenvalue weighted by Crippen LogP contribution is 2.41. The zero-order valence-electron chi connectivity index (χ0n) is 70.3. The molecule has 12 aromatic rings. The van der Waals surface area contributed by atoms with Crippen molar-refractivity contribution in [2.45, 2.75) is 82.8 Å². The van der Waals surface area contributed by atoms with Gasteiger partial charge in [0.2, 0.25) is 0 Å². The molecule has 32 heteroatoms. The van der Waals surface area contributed by atoms with Gasteiger partial charge in [-0.25, -0.2) is 0 Å². The third-order valence-electron chi connectivity index (χ3n) is 21.4. The lowest BCUT2D eigenvalue weighted by atomic mass is 9.98. The molecule has 32 nitrogen and oxygen atoms in total. The number of fused-ring (bicyclic) bond motifs is 2. The quantitative estimate of drug-likeness (QED) is 0.0161. The Morgan fingerprint density at radius 2 is 0.674 bits per heavy atom. The van der Waals surface area contributed by atoms with Crippen molar-refractivity contribution in [2.75, 3.05) is 47.3 Å². The fraction of sp³-hybridized carbons (Fsp3) is 0.206. The Kier molecular flexibility index (Phi) is 32.3. The molecule has 0 aromatic heterocycles. The number of hydrogen-bond donors (Lipinski definition) is 24. The summed E-state index contributed by atoms with van der Waals surface area (Å²) in [6.45, 7) is 6.45. The highest BCUT2D eigenvalue weighted by atomic mass is 16.3. The van der Waals surface area contributed by atoms with Crippen LogP contribution in [0.3, 0.4) is 0 Å². The molecule has 3 aliphatic heterocycles. The Balaban J connectivity index is 0.000000162. The number of carbonyl (C=O) groups is 2. The Morgan fingerprint density at radius 3 is 1.08 bits per heavy atom. The maximum absolute atomic E-state index is 11.9. The lowest BCUT2D eigenvalue weighted by Crippen LogP contribution is -2.45. The smallest absolute Gasteiger partial charge is 0.185 e. The fourth-order valence-corrected chi connectivity index (χ4v) is 14.3. The van der Waals surface area contributed by atoms with Crippen LogP contribution in [0, 0.1) is 0 Å². The van der Waals surface area contributed by atoms with Crippen LogP contribution in [0.4, 0.5) is 0 Å². The van der Waals surface area contributed by atoms with E-state index in [1.54, 1.807) is 77.8 Å². The summed E-state index contributed by atoms with van der Waals surface area (Å²) in [7, 11) is 5.80. The minimum atomic E-state index is -0.369. The van der Waals surface area contributed by atoms with Crippen LogP contribution in [0.5, 0.6) is 138 Å². The molecule has 3 aliphatic rings. The van der Waals surface area contributed by atoms with Gasteiger partial charge in [-0.3, -0.25) is 24.4 Å². The van der Waals surface area contributed by atoms with E-state index >= 15 is 0 Å². The summed E-state index contributed by atoms with van der Waals surface area (Å²) < 4.78 is 0. The summed E-state index contributed by atoms with van der Waals surface area (Å²) in [6.07, 6.45) is 6.81. The second-order valence-electron chi connectivity index (χ2n) is 31.2. The first kappa shape index (κ1) is 95.5. The molecular formula is C97H102N6O26. The van der Waals surface area contributed by atoms with Crippen molar-refractivity contribution in [3.63, 3.8) is 0 Å². The second-order valence-corrected chi connectivity index (χ2v) is 31.2. The number of piperazine rings is 1. The first-order valence-electron chi connectivity index (χ1n) is 40.4. The Labute approximate surface area is 741 Å². The summed E-state index contributed by atoms with van der Waals surface area (Å²) in [6, 6.07) is 55.3. The molecule has 2 saturated heterocycles. The van der Waals surface area contributed by atoms with Crippen molar-refractivity contribution in [1.82, 2.24) is 24.6 Å². The van der Waals surface area contributed by atoms with E-state index in [0.29, 0.717) is 42.7 Å². The molecule has 0 aliphatic carbocycles. The van der Waals surface area contributed by atoms with E-state index in [4.69, 9.17) is 20.4 Å². The molecule has 3 heterocycles. The lowest BCUT2D eigenvalue weighted by molar-refractivity contribution is 0.0991. The summed E-state index contributed by atoms with van der Waals surface area (Å²) in [5.74, 6) is -4.93. The third-order valence-corrected chi connectivity index (χ3v) is 21.4. The average molecular weight is 1770 g/mol. The Bertz CT molecular complexity index is 5830. The number of likely N-dealkylation sites (tertiary alicyclic amines) is 2. The maximum atomic E-state index is 11.9. The van der Waals surface area contributed by atoms with E-state index in [-0.39, 0.29) is 173 Å². The van der Waals surface area contributed by atoms with Gasteiger partial charge < -0.3 is 132 Å². The van der Waals surface area contributed by atoms with Crippen LogP contribution in [-0.2, 0) is 45.4 Å². The van der Waals surface area contributed by atoms with Gasteiger partial charge in [-0.05, 0) is 260 Å². The van der Waals surface area contributed by atoms with Gasteiger partial charge >= 0.3 is 0 Å². The minimum absolute atomic E-state index is 0.0120. The van der Waals surface area contributed by atoms with Crippen LogP contribution in [0.2, 0.25) is 0 Å². The third kappa shape index (κ3) is 27.1. The van der Waals surface area contributed by atoms with E-state index in [1.165, 1.54) is 140 Å². The number of phenolic OH excluding ortho intramolecular Hbond substituents is 24. The number of carbonyl (C=O) groups excluding carboxylic acids is 2. The monoisotopic (exact) mass is 1770 g/mol. The Hall–Kier alpha value is -15.8. The van der Waals surface area contributed by atoms with Crippen molar-refractivity contribution >= 4 is 23.4 Å². The van der Waals surface area contributed by atoms with Crippen LogP contribution in [0.25, 0.3) is 6.08 Å². The van der Waals surface area contributed by atoms with Gasteiger partial charge in [0.1, 0.15) is 0 Å². The molecule has 15 rings (SSSR count). The predicted molar refractivity (Wildman–Crippen MR) is 478 cm³/mol. The van der Waals surface area contributed by atoms with Crippen LogP contribution < -0.4 is 0 Å². The van der Waals surface area contributed by atoms with Gasteiger partial charge in [0.05, 0.1) is 11.8 Å². The molecule has 676 valence electrons. The number of aromatic hydroxyl groups is 24.